The van der Waals surface area contributed by atoms with Crippen molar-refractivity contribution in [2.45, 2.75) is 148 Å². The fourth-order valence-electron chi connectivity index (χ4n) is 13.0. The first kappa shape index (κ1) is 33.2. The Kier molecular flexibility index (Phi) is 8.24. The maximum Gasteiger partial charge on any atom is 0.304 e. The van der Waals surface area contributed by atoms with Crippen molar-refractivity contribution in [1.29, 1.82) is 0 Å². The van der Waals surface area contributed by atoms with Crippen molar-refractivity contribution in [3.05, 3.63) is 0 Å². The topological polar surface area (TPSA) is 115 Å². The standard InChI is InChI=1S/C37H59NO8.H2/c1-22(39)44-32(34(4,5)42)26-9-7-24-27(45-26)19-25-23-8-10-28-33(2,3)29(46-31-20-38(17-18-43-31)16-12-30(40)41)11-13-37(28)21-36(23,37)15-14-35(24,25)6;/h23-29,31-32,42H,7-21H2,1-6H3,(H,40,41);1H/t23?,24?,25?,26?,27?,28?,29-,31?,32-,35+,36-,37?;/m0./s1. The normalized spacial score (nSPS) is 46.9. The summed E-state index contributed by atoms with van der Waals surface area (Å²) in [6.07, 6.45) is 11.1. The summed E-state index contributed by atoms with van der Waals surface area (Å²) < 4.78 is 25.4. The maximum absolute atomic E-state index is 11.9. The van der Waals surface area contributed by atoms with Crippen LogP contribution in [0.25, 0.3) is 0 Å². The van der Waals surface area contributed by atoms with E-state index < -0.39 is 17.7 Å². The zero-order valence-corrected chi connectivity index (χ0v) is 29.1. The lowest BCUT2D eigenvalue weighted by atomic mass is 9.46. The molecular formula is C37H61NO8. The van der Waals surface area contributed by atoms with Crippen molar-refractivity contribution >= 4 is 11.9 Å². The molecule has 9 heteroatoms. The first-order valence-corrected chi connectivity index (χ1v) is 18.4. The number of carbonyl (C=O) groups excluding carboxylic acids is 1. The molecule has 5 aliphatic carbocycles. The van der Waals surface area contributed by atoms with Gasteiger partial charge in [-0.1, -0.05) is 20.8 Å². The van der Waals surface area contributed by atoms with Crippen LogP contribution in [0.2, 0.25) is 0 Å². The Bertz CT molecular complexity index is 1210. The number of aliphatic hydroxyl groups is 1. The minimum absolute atomic E-state index is 0. The number of aliphatic carboxylic acids is 1. The van der Waals surface area contributed by atoms with Gasteiger partial charge in [0.05, 0.1) is 36.9 Å². The number of carboxylic acid groups (broad SMARTS) is 1. The van der Waals surface area contributed by atoms with Gasteiger partial charge < -0.3 is 29.2 Å². The second kappa shape index (κ2) is 11.4. The van der Waals surface area contributed by atoms with Gasteiger partial charge in [-0.15, -0.1) is 0 Å². The van der Waals surface area contributed by atoms with Crippen LogP contribution in [0.1, 0.15) is 114 Å². The van der Waals surface area contributed by atoms with Crippen LogP contribution in [0.3, 0.4) is 0 Å². The second-order valence-electron chi connectivity index (χ2n) is 17.9. The molecular weight excluding hydrogens is 586 g/mol. The second-order valence-corrected chi connectivity index (χ2v) is 17.9. The van der Waals surface area contributed by atoms with E-state index in [-0.39, 0.29) is 49.2 Å². The molecule has 262 valence electrons. The molecule has 0 aromatic heterocycles. The third kappa shape index (κ3) is 5.19. The van der Waals surface area contributed by atoms with Crippen LogP contribution in [0.15, 0.2) is 0 Å². The van der Waals surface area contributed by atoms with Gasteiger partial charge in [-0.05, 0) is 123 Å². The lowest BCUT2D eigenvalue weighted by molar-refractivity contribution is -0.245. The van der Waals surface area contributed by atoms with Crippen LogP contribution < -0.4 is 0 Å². The summed E-state index contributed by atoms with van der Waals surface area (Å²) in [7, 11) is 0. The molecule has 0 radical (unpaired) electrons. The molecule has 0 aromatic carbocycles. The van der Waals surface area contributed by atoms with E-state index in [1.165, 1.54) is 45.4 Å². The number of carboxylic acids is 1. The van der Waals surface area contributed by atoms with E-state index >= 15 is 0 Å². The molecule has 7 aliphatic rings. The molecule has 46 heavy (non-hydrogen) atoms. The van der Waals surface area contributed by atoms with Crippen molar-refractivity contribution in [3.63, 3.8) is 0 Å². The summed E-state index contributed by atoms with van der Waals surface area (Å²) in [5.41, 5.74) is 0.0502. The highest BCUT2D eigenvalue weighted by atomic mass is 16.7. The highest BCUT2D eigenvalue weighted by Crippen LogP contribution is 2.87. The summed E-state index contributed by atoms with van der Waals surface area (Å²) in [5, 5.41) is 20.0. The summed E-state index contributed by atoms with van der Waals surface area (Å²) in [5.74, 6) is 1.46. The Morgan fingerprint density at radius 1 is 1.02 bits per heavy atom. The maximum atomic E-state index is 11.9. The Labute approximate surface area is 276 Å². The number of esters is 1. The number of morpholine rings is 1. The van der Waals surface area contributed by atoms with Gasteiger partial charge in [-0.2, -0.15) is 0 Å². The van der Waals surface area contributed by atoms with Crippen LogP contribution >= 0.6 is 0 Å². The molecule has 2 aliphatic heterocycles. The Morgan fingerprint density at radius 2 is 1.78 bits per heavy atom. The van der Waals surface area contributed by atoms with Crippen molar-refractivity contribution in [3.8, 4) is 0 Å². The third-order valence-electron chi connectivity index (χ3n) is 15.0. The van der Waals surface area contributed by atoms with E-state index in [2.05, 4.69) is 25.7 Å². The number of rotatable bonds is 8. The third-order valence-corrected chi connectivity index (χ3v) is 15.0. The number of ether oxygens (including phenoxy) is 4. The first-order chi connectivity index (χ1) is 21.6. The molecule has 7 rings (SSSR count). The first-order valence-electron chi connectivity index (χ1n) is 18.4. The molecule has 8 unspecified atom stereocenters. The zero-order chi connectivity index (χ0) is 32.9. The van der Waals surface area contributed by atoms with Gasteiger partial charge in [0.1, 0.15) is 0 Å². The Morgan fingerprint density at radius 3 is 2.50 bits per heavy atom. The molecule has 0 amide bonds. The van der Waals surface area contributed by atoms with Gasteiger partial charge in [0, 0.05) is 28.0 Å². The van der Waals surface area contributed by atoms with E-state index in [0.29, 0.717) is 48.3 Å². The van der Waals surface area contributed by atoms with Crippen LogP contribution in [-0.4, -0.2) is 89.6 Å². The van der Waals surface area contributed by atoms with Gasteiger partial charge in [-0.3, -0.25) is 14.5 Å². The van der Waals surface area contributed by atoms with Crippen LogP contribution in [0, 0.1) is 45.3 Å². The average molecular weight is 648 g/mol. The van der Waals surface area contributed by atoms with Gasteiger partial charge in [0.15, 0.2) is 12.4 Å². The smallest absolute Gasteiger partial charge is 0.304 e. The van der Waals surface area contributed by atoms with E-state index in [0.717, 1.165) is 38.1 Å². The molecule has 0 aromatic rings. The summed E-state index contributed by atoms with van der Waals surface area (Å²) in [6, 6.07) is 0. The van der Waals surface area contributed by atoms with Crippen LogP contribution in [0.5, 0.6) is 0 Å². The van der Waals surface area contributed by atoms with Crippen LogP contribution in [-0.2, 0) is 28.5 Å². The number of hydrogen-bond acceptors (Lipinski definition) is 8. The van der Waals surface area contributed by atoms with Gasteiger partial charge in [0.2, 0.25) is 0 Å². The van der Waals surface area contributed by atoms with E-state index in [1.807, 2.05) is 0 Å². The highest BCUT2D eigenvalue weighted by Gasteiger charge is 2.80. The molecule has 9 nitrogen and oxygen atoms in total. The van der Waals surface area contributed by atoms with E-state index in [1.54, 1.807) is 13.8 Å². The average Bonchev–Trinajstić information content (AvgIpc) is 3.55. The summed E-state index contributed by atoms with van der Waals surface area (Å²) in [6.45, 7) is 14.9. The molecule has 7 fully saturated rings. The molecule has 0 bridgehead atoms. The number of fused-ring (bicyclic) bond motifs is 4. The lowest BCUT2D eigenvalue weighted by Crippen LogP contribution is -2.56. The Hall–Kier alpha value is -1.26. The number of hydrogen-bond donors (Lipinski definition) is 2. The van der Waals surface area contributed by atoms with E-state index in [4.69, 9.17) is 24.1 Å². The van der Waals surface area contributed by atoms with Crippen molar-refractivity contribution in [1.82, 2.24) is 4.90 Å². The monoisotopic (exact) mass is 647 g/mol. The highest BCUT2D eigenvalue weighted by molar-refractivity contribution is 5.67. The quantitative estimate of drug-likeness (QED) is 0.322. The summed E-state index contributed by atoms with van der Waals surface area (Å²) >= 11 is 0. The Balaban J connectivity index is 0.00000386. The molecule has 5 saturated carbocycles. The SMILES string of the molecule is CC(=O)O[C@@H](C1CCC2C(CC3C4CCC5C(C)(C)[C@@H](OC6CN(CCC(=O)O)CCO6)CCC56C[C@@]46CC[C@]23C)O1)C(C)(C)O.[HH]. The molecule has 2 spiro atoms. The van der Waals surface area contributed by atoms with Crippen molar-refractivity contribution in [2.75, 3.05) is 26.2 Å². The summed E-state index contributed by atoms with van der Waals surface area (Å²) in [4.78, 5) is 25.2. The fourth-order valence-corrected chi connectivity index (χ4v) is 13.0. The molecule has 2 heterocycles. The molecule has 2 N–H and O–H groups in total. The van der Waals surface area contributed by atoms with Crippen molar-refractivity contribution < 1.29 is 40.2 Å². The molecule has 2 saturated heterocycles. The molecule has 12 atom stereocenters. The van der Waals surface area contributed by atoms with Gasteiger partial charge in [0.25, 0.3) is 0 Å². The van der Waals surface area contributed by atoms with Crippen molar-refractivity contribution in [2.24, 2.45) is 45.3 Å². The zero-order valence-electron chi connectivity index (χ0n) is 29.1. The predicted molar refractivity (Wildman–Crippen MR) is 173 cm³/mol. The van der Waals surface area contributed by atoms with E-state index in [9.17, 15) is 14.7 Å². The van der Waals surface area contributed by atoms with Crippen LogP contribution in [0.4, 0.5) is 0 Å². The fraction of sp³-hybridized carbons (Fsp3) is 0.946. The lowest BCUT2D eigenvalue weighted by Gasteiger charge is -2.60. The number of carbonyl (C=O) groups is 2. The number of nitrogens with zero attached hydrogens (tertiary/aromatic N) is 1. The van der Waals surface area contributed by atoms with Gasteiger partial charge in [-0.25, -0.2) is 0 Å². The predicted octanol–water partition coefficient (Wildman–Crippen LogP) is 5.66. The largest absolute Gasteiger partial charge is 0.481 e. The minimum atomic E-state index is -1.15. The van der Waals surface area contributed by atoms with Gasteiger partial charge >= 0.3 is 11.9 Å². The minimum Gasteiger partial charge on any atom is -0.481 e.